The van der Waals surface area contributed by atoms with Gasteiger partial charge in [-0.2, -0.15) is 0 Å². The van der Waals surface area contributed by atoms with Gasteiger partial charge in [0, 0.05) is 6.54 Å². The molecule has 0 saturated heterocycles. The quantitative estimate of drug-likeness (QED) is 0.795. The molecule has 15 heavy (non-hydrogen) atoms. The van der Waals surface area contributed by atoms with E-state index in [2.05, 4.69) is 4.72 Å². The summed E-state index contributed by atoms with van der Waals surface area (Å²) in [5.41, 5.74) is 0. The van der Waals surface area contributed by atoms with E-state index in [1.165, 1.54) is 19.1 Å². The van der Waals surface area contributed by atoms with E-state index in [0.29, 0.717) is 0 Å². The molecule has 84 valence electrons. The molecule has 1 rings (SSSR count). The fourth-order valence-electron chi connectivity index (χ4n) is 0.927. The zero-order valence-corrected chi connectivity index (χ0v) is 8.96. The predicted molar refractivity (Wildman–Crippen MR) is 53.3 cm³/mol. The van der Waals surface area contributed by atoms with E-state index in [0.717, 1.165) is 12.1 Å². The molecule has 2 N–H and O–H groups in total. The van der Waals surface area contributed by atoms with Gasteiger partial charge < -0.3 is 5.11 Å². The summed E-state index contributed by atoms with van der Waals surface area (Å²) >= 11 is 0. The van der Waals surface area contributed by atoms with Crippen molar-refractivity contribution in [2.24, 2.45) is 0 Å². The van der Waals surface area contributed by atoms with Crippen LogP contribution in [0.1, 0.15) is 6.92 Å². The van der Waals surface area contributed by atoms with Crippen molar-refractivity contribution in [3.63, 3.8) is 0 Å². The minimum Gasteiger partial charge on any atom is -0.392 e. The van der Waals surface area contributed by atoms with Gasteiger partial charge in [0.25, 0.3) is 0 Å². The monoisotopic (exact) mass is 233 g/mol. The van der Waals surface area contributed by atoms with E-state index >= 15 is 0 Å². The first-order chi connectivity index (χ1) is 6.92. The molecule has 0 unspecified atom stereocenters. The molecule has 6 heteroatoms. The van der Waals surface area contributed by atoms with Gasteiger partial charge in [0.15, 0.2) is 0 Å². The van der Waals surface area contributed by atoms with Crippen LogP contribution in [0.3, 0.4) is 0 Å². The van der Waals surface area contributed by atoms with Crippen LogP contribution in [0.15, 0.2) is 29.2 Å². The fraction of sp³-hybridized carbons (Fsp3) is 0.333. The molecule has 0 bridgehead atoms. The Morgan fingerprint density at radius 1 is 1.40 bits per heavy atom. The summed E-state index contributed by atoms with van der Waals surface area (Å²) in [5, 5.41) is 8.92. The molecule has 0 heterocycles. The van der Waals surface area contributed by atoms with Crippen LogP contribution < -0.4 is 4.72 Å². The van der Waals surface area contributed by atoms with Gasteiger partial charge in [0.2, 0.25) is 10.0 Å². The highest BCUT2D eigenvalue weighted by atomic mass is 32.2. The molecule has 0 aliphatic rings. The molecular formula is C9H12FNO3S. The van der Waals surface area contributed by atoms with Crippen LogP contribution >= 0.6 is 0 Å². The molecule has 0 spiro atoms. The summed E-state index contributed by atoms with van der Waals surface area (Å²) in [7, 11) is -3.65. The van der Waals surface area contributed by atoms with Crippen molar-refractivity contribution in [2.45, 2.75) is 17.9 Å². The van der Waals surface area contributed by atoms with Gasteiger partial charge in [-0.1, -0.05) is 0 Å². The fourth-order valence-corrected chi connectivity index (χ4v) is 2.05. The van der Waals surface area contributed by atoms with Crippen LogP contribution in [0.5, 0.6) is 0 Å². The molecule has 1 aromatic carbocycles. The molecule has 0 fully saturated rings. The zero-order chi connectivity index (χ0) is 11.5. The molecule has 0 aliphatic heterocycles. The number of benzene rings is 1. The van der Waals surface area contributed by atoms with Gasteiger partial charge in [-0.25, -0.2) is 17.5 Å². The topological polar surface area (TPSA) is 66.4 Å². The summed E-state index contributed by atoms with van der Waals surface area (Å²) in [6.45, 7) is 1.40. The summed E-state index contributed by atoms with van der Waals surface area (Å²) in [6, 6.07) is 4.47. The van der Waals surface area contributed by atoms with Crippen LogP contribution in [0.25, 0.3) is 0 Å². The Morgan fingerprint density at radius 3 is 2.40 bits per heavy atom. The van der Waals surface area contributed by atoms with Crippen LogP contribution in [-0.2, 0) is 10.0 Å². The number of aliphatic hydroxyl groups excluding tert-OH is 1. The smallest absolute Gasteiger partial charge is 0.240 e. The molecular weight excluding hydrogens is 221 g/mol. The van der Waals surface area contributed by atoms with Gasteiger partial charge in [0.1, 0.15) is 5.82 Å². The average Bonchev–Trinajstić information content (AvgIpc) is 2.16. The Balaban J connectivity index is 2.82. The van der Waals surface area contributed by atoms with Crippen molar-refractivity contribution in [3.05, 3.63) is 30.1 Å². The lowest BCUT2D eigenvalue weighted by molar-refractivity contribution is 0.198. The number of rotatable bonds is 4. The number of nitrogens with one attached hydrogen (secondary N) is 1. The first kappa shape index (κ1) is 12.1. The number of hydrogen-bond donors (Lipinski definition) is 2. The number of sulfonamides is 1. The highest BCUT2D eigenvalue weighted by Crippen LogP contribution is 2.09. The number of hydrogen-bond acceptors (Lipinski definition) is 3. The van der Waals surface area contributed by atoms with E-state index < -0.39 is 21.9 Å². The Kier molecular flexibility index (Phi) is 3.78. The minimum atomic E-state index is -3.65. The van der Waals surface area contributed by atoms with Crippen LogP contribution in [0.2, 0.25) is 0 Å². The van der Waals surface area contributed by atoms with Gasteiger partial charge in [-0.15, -0.1) is 0 Å². The summed E-state index contributed by atoms with van der Waals surface area (Å²) in [5.74, 6) is -0.496. The highest BCUT2D eigenvalue weighted by molar-refractivity contribution is 7.89. The Bertz CT molecular complexity index is 413. The van der Waals surface area contributed by atoms with E-state index in [-0.39, 0.29) is 11.4 Å². The van der Waals surface area contributed by atoms with Crippen LogP contribution in [-0.4, -0.2) is 26.2 Å². The van der Waals surface area contributed by atoms with Crippen LogP contribution in [0, 0.1) is 5.82 Å². The highest BCUT2D eigenvalue weighted by Gasteiger charge is 2.13. The van der Waals surface area contributed by atoms with E-state index in [4.69, 9.17) is 5.11 Å². The summed E-state index contributed by atoms with van der Waals surface area (Å²) in [4.78, 5) is -0.0236. The van der Waals surface area contributed by atoms with Crippen molar-refractivity contribution < 1.29 is 17.9 Å². The van der Waals surface area contributed by atoms with Crippen LogP contribution in [0.4, 0.5) is 4.39 Å². The first-order valence-corrected chi connectivity index (χ1v) is 5.83. The Hall–Kier alpha value is -0.980. The van der Waals surface area contributed by atoms with Crippen molar-refractivity contribution in [1.82, 2.24) is 4.72 Å². The average molecular weight is 233 g/mol. The van der Waals surface area contributed by atoms with E-state index in [1.54, 1.807) is 0 Å². The lowest BCUT2D eigenvalue weighted by atomic mass is 10.4. The molecule has 4 nitrogen and oxygen atoms in total. The zero-order valence-electron chi connectivity index (χ0n) is 8.14. The third kappa shape index (κ3) is 3.58. The van der Waals surface area contributed by atoms with Crippen molar-refractivity contribution >= 4 is 10.0 Å². The lowest BCUT2D eigenvalue weighted by Crippen LogP contribution is -2.30. The Morgan fingerprint density at radius 2 is 1.93 bits per heavy atom. The molecule has 0 saturated carbocycles. The van der Waals surface area contributed by atoms with Gasteiger partial charge in [-0.05, 0) is 31.2 Å². The van der Waals surface area contributed by atoms with Gasteiger partial charge >= 0.3 is 0 Å². The first-order valence-electron chi connectivity index (χ1n) is 4.35. The third-order valence-electron chi connectivity index (χ3n) is 1.69. The van der Waals surface area contributed by atoms with E-state index in [1.807, 2.05) is 0 Å². The number of halogens is 1. The maximum Gasteiger partial charge on any atom is 0.240 e. The minimum absolute atomic E-state index is 0.0236. The standard InChI is InChI=1S/C9H12FNO3S/c1-7(12)6-11-15(13,14)9-4-2-8(10)3-5-9/h2-5,7,11-12H,6H2,1H3/t7-/m1/s1. The van der Waals surface area contributed by atoms with Crippen molar-refractivity contribution in [2.75, 3.05) is 6.54 Å². The lowest BCUT2D eigenvalue weighted by Gasteiger charge is -2.07. The number of aliphatic hydroxyl groups is 1. The maximum absolute atomic E-state index is 12.5. The second-order valence-corrected chi connectivity index (χ2v) is 4.92. The van der Waals surface area contributed by atoms with Gasteiger partial charge in [-0.3, -0.25) is 0 Å². The Labute approximate surface area is 87.8 Å². The third-order valence-corrected chi connectivity index (χ3v) is 3.13. The second kappa shape index (κ2) is 4.69. The molecule has 1 aromatic rings. The molecule has 0 radical (unpaired) electrons. The summed E-state index contributed by atoms with van der Waals surface area (Å²) < 4.78 is 37.7. The second-order valence-electron chi connectivity index (χ2n) is 3.15. The van der Waals surface area contributed by atoms with Crippen molar-refractivity contribution in [3.8, 4) is 0 Å². The maximum atomic E-state index is 12.5. The molecule has 0 aliphatic carbocycles. The van der Waals surface area contributed by atoms with E-state index in [9.17, 15) is 12.8 Å². The molecule has 0 amide bonds. The normalized spacial score (nSPS) is 13.8. The predicted octanol–water partition coefficient (Wildman–Crippen LogP) is 0.485. The summed E-state index contributed by atoms with van der Waals surface area (Å²) in [6.07, 6.45) is -0.764. The molecule has 1 atom stereocenters. The SMILES string of the molecule is C[C@@H](O)CNS(=O)(=O)c1ccc(F)cc1. The van der Waals surface area contributed by atoms with Gasteiger partial charge in [0.05, 0.1) is 11.0 Å². The molecule has 0 aromatic heterocycles. The van der Waals surface area contributed by atoms with Crippen molar-refractivity contribution in [1.29, 1.82) is 0 Å². The largest absolute Gasteiger partial charge is 0.392 e.